The van der Waals surface area contributed by atoms with Crippen molar-refractivity contribution >= 4 is 22.5 Å². The second-order valence-electron chi connectivity index (χ2n) is 3.29. The lowest BCUT2D eigenvalue weighted by atomic mass is 10.2. The Hall–Kier alpha value is -1.03. The van der Waals surface area contributed by atoms with Crippen LogP contribution in [0.25, 0.3) is 10.9 Å². The normalized spacial score (nSPS) is 11.1. The molecule has 0 aliphatic rings. The van der Waals surface area contributed by atoms with Crippen LogP contribution in [0.2, 0.25) is 5.02 Å². The van der Waals surface area contributed by atoms with E-state index in [0.717, 1.165) is 22.2 Å². The maximum absolute atomic E-state index is 6.04. The van der Waals surface area contributed by atoms with Gasteiger partial charge in [0.25, 0.3) is 0 Å². The maximum Gasteiger partial charge on any atom is 0.0945 e. The number of rotatable bonds is 2. The van der Waals surface area contributed by atoms with Crippen molar-refractivity contribution in [3.8, 4) is 0 Å². The maximum atomic E-state index is 6.04. The lowest BCUT2D eigenvalue weighted by Crippen LogP contribution is -1.99. The smallest absolute Gasteiger partial charge is 0.0945 e. The average Bonchev–Trinajstić information content (AvgIpc) is 2.45. The Morgan fingerprint density at radius 3 is 2.93 bits per heavy atom. The highest BCUT2D eigenvalue weighted by atomic mass is 35.5. The zero-order valence-corrected chi connectivity index (χ0v) is 8.56. The fourth-order valence-electron chi connectivity index (χ4n) is 1.54. The van der Waals surface area contributed by atoms with Gasteiger partial charge in [0.1, 0.15) is 0 Å². The monoisotopic (exact) mass is 210 g/mol. The van der Waals surface area contributed by atoms with E-state index in [0.29, 0.717) is 11.6 Å². The number of H-pyrrole nitrogens is 1. The molecular weight excluding hydrogens is 200 g/mol. The van der Waals surface area contributed by atoms with Crippen LogP contribution in [0.3, 0.4) is 0 Å². The summed E-state index contributed by atoms with van der Waals surface area (Å²) in [7, 11) is 0. The predicted octanol–water partition coefficient (Wildman–Crippen LogP) is 2.52. The van der Waals surface area contributed by atoms with Gasteiger partial charge in [0.05, 0.1) is 6.61 Å². The number of nitrogens with two attached hydrogens (primary N) is 1. The molecule has 0 unspecified atom stereocenters. The van der Waals surface area contributed by atoms with E-state index in [1.807, 2.05) is 25.1 Å². The van der Waals surface area contributed by atoms with Crippen LogP contribution in [0.15, 0.2) is 18.2 Å². The van der Waals surface area contributed by atoms with Crippen molar-refractivity contribution in [2.75, 3.05) is 0 Å². The van der Waals surface area contributed by atoms with Crippen molar-refractivity contribution in [1.29, 1.82) is 0 Å². The van der Waals surface area contributed by atoms with Gasteiger partial charge in [-0.15, -0.1) is 0 Å². The highest BCUT2D eigenvalue weighted by Crippen LogP contribution is 2.24. The van der Waals surface area contributed by atoms with Gasteiger partial charge in [-0.1, -0.05) is 11.6 Å². The third kappa shape index (κ3) is 1.62. The van der Waals surface area contributed by atoms with Crippen molar-refractivity contribution in [1.82, 2.24) is 4.98 Å². The molecule has 0 spiro atoms. The van der Waals surface area contributed by atoms with Gasteiger partial charge in [-0.05, 0) is 25.1 Å². The molecule has 1 aromatic carbocycles. The van der Waals surface area contributed by atoms with Gasteiger partial charge < -0.3 is 4.98 Å². The summed E-state index contributed by atoms with van der Waals surface area (Å²) < 4.78 is 0. The summed E-state index contributed by atoms with van der Waals surface area (Å²) in [5.41, 5.74) is 3.06. The Morgan fingerprint density at radius 2 is 2.21 bits per heavy atom. The van der Waals surface area contributed by atoms with Gasteiger partial charge in [0.2, 0.25) is 0 Å². The molecule has 2 rings (SSSR count). The first kappa shape index (κ1) is 9.52. The summed E-state index contributed by atoms with van der Waals surface area (Å²) in [6.07, 6.45) is 0. The number of halogens is 1. The molecule has 4 heteroatoms. The van der Waals surface area contributed by atoms with E-state index < -0.39 is 0 Å². The van der Waals surface area contributed by atoms with Crippen molar-refractivity contribution < 1.29 is 4.84 Å². The Bertz CT molecular complexity index is 464. The fraction of sp³-hybridized carbons (Fsp3) is 0.200. The number of nitrogens with one attached hydrogen (secondary N) is 1. The SMILES string of the molecule is Cc1cc2cc(Cl)c(CON)cc2[nH]1. The van der Waals surface area contributed by atoms with E-state index in [1.165, 1.54) is 0 Å². The number of aromatic amines is 1. The Balaban J connectivity index is 2.58. The Morgan fingerprint density at radius 1 is 1.43 bits per heavy atom. The molecule has 0 amide bonds. The van der Waals surface area contributed by atoms with Crippen LogP contribution in [-0.4, -0.2) is 4.98 Å². The molecule has 0 fully saturated rings. The molecule has 0 bridgehead atoms. The van der Waals surface area contributed by atoms with Crippen LogP contribution in [-0.2, 0) is 11.4 Å². The van der Waals surface area contributed by atoms with Crippen molar-refractivity contribution in [2.45, 2.75) is 13.5 Å². The average molecular weight is 211 g/mol. The highest BCUT2D eigenvalue weighted by Gasteiger charge is 2.04. The Kier molecular flexibility index (Phi) is 2.46. The van der Waals surface area contributed by atoms with Crippen LogP contribution in [0.4, 0.5) is 0 Å². The van der Waals surface area contributed by atoms with Crippen LogP contribution in [0.1, 0.15) is 11.3 Å². The standard InChI is InChI=1S/C10H11ClN2O/c1-6-2-7-3-9(11)8(5-14-12)4-10(7)13-6/h2-4,13H,5,12H2,1H3. The van der Waals surface area contributed by atoms with Gasteiger partial charge in [-0.25, -0.2) is 5.90 Å². The van der Waals surface area contributed by atoms with Crippen molar-refractivity contribution in [2.24, 2.45) is 5.90 Å². The molecule has 0 radical (unpaired) electrons. The molecule has 3 nitrogen and oxygen atoms in total. The summed E-state index contributed by atoms with van der Waals surface area (Å²) in [6.45, 7) is 2.33. The summed E-state index contributed by atoms with van der Waals surface area (Å²) in [5, 5.41) is 1.79. The van der Waals surface area contributed by atoms with E-state index in [-0.39, 0.29) is 0 Å². The second kappa shape index (κ2) is 3.61. The minimum Gasteiger partial charge on any atom is -0.359 e. The number of hydrogen-bond donors (Lipinski definition) is 2. The van der Waals surface area contributed by atoms with E-state index >= 15 is 0 Å². The van der Waals surface area contributed by atoms with Crippen LogP contribution >= 0.6 is 11.6 Å². The summed E-state index contributed by atoms with van der Waals surface area (Å²) in [5.74, 6) is 5.01. The van der Waals surface area contributed by atoms with E-state index in [4.69, 9.17) is 17.5 Å². The zero-order valence-electron chi connectivity index (χ0n) is 7.80. The number of hydrogen-bond acceptors (Lipinski definition) is 2. The molecule has 14 heavy (non-hydrogen) atoms. The minimum absolute atomic E-state index is 0.326. The zero-order chi connectivity index (χ0) is 10.1. The van der Waals surface area contributed by atoms with Crippen LogP contribution in [0, 0.1) is 6.92 Å². The third-order valence-electron chi connectivity index (χ3n) is 2.16. The number of fused-ring (bicyclic) bond motifs is 1. The molecule has 0 saturated carbocycles. The molecule has 1 heterocycles. The molecule has 0 atom stereocenters. The predicted molar refractivity (Wildman–Crippen MR) is 57.0 cm³/mol. The van der Waals surface area contributed by atoms with Gasteiger partial charge >= 0.3 is 0 Å². The first-order chi connectivity index (χ1) is 6.70. The van der Waals surface area contributed by atoms with E-state index in [2.05, 4.69) is 9.82 Å². The molecule has 1 aromatic heterocycles. The molecule has 0 aliphatic heterocycles. The number of aryl methyl sites for hydroxylation is 1. The fourth-order valence-corrected chi connectivity index (χ4v) is 1.77. The molecule has 0 aliphatic carbocycles. The second-order valence-corrected chi connectivity index (χ2v) is 3.70. The number of benzene rings is 1. The van der Waals surface area contributed by atoms with E-state index in [1.54, 1.807) is 0 Å². The molecular formula is C10H11ClN2O. The quantitative estimate of drug-likeness (QED) is 0.749. The largest absolute Gasteiger partial charge is 0.359 e. The van der Waals surface area contributed by atoms with Gasteiger partial charge in [-0.2, -0.15) is 0 Å². The molecule has 3 N–H and O–H groups in total. The third-order valence-corrected chi connectivity index (χ3v) is 2.51. The number of aromatic nitrogens is 1. The van der Waals surface area contributed by atoms with Crippen LogP contribution < -0.4 is 5.90 Å². The van der Waals surface area contributed by atoms with Gasteiger partial charge in [0, 0.05) is 27.2 Å². The summed E-state index contributed by atoms with van der Waals surface area (Å²) >= 11 is 6.04. The Labute approximate surface area is 86.8 Å². The van der Waals surface area contributed by atoms with Gasteiger partial charge in [-0.3, -0.25) is 4.84 Å². The minimum atomic E-state index is 0.326. The topological polar surface area (TPSA) is 51.0 Å². The van der Waals surface area contributed by atoms with Crippen LogP contribution in [0.5, 0.6) is 0 Å². The lowest BCUT2D eigenvalue weighted by molar-refractivity contribution is 0.124. The van der Waals surface area contributed by atoms with E-state index in [9.17, 15) is 0 Å². The molecule has 0 saturated heterocycles. The summed E-state index contributed by atoms with van der Waals surface area (Å²) in [6, 6.07) is 5.92. The first-order valence-electron chi connectivity index (χ1n) is 4.30. The summed E-state index contributed by atoms with van der Waals surface area (Å²) in [4.78, 5) is 7.80. The van der Waals surface area contributed by atoms with Crippen molar-refractivity contribution in [3.63, 3.8) is 0 Å². The van der Waals surface area contributed by atoms with Gasteiger partial charge in [0.15, 0.2) is 0 Å². The highest BCUT2D eigenvalue weighted by molar-refractivity contribution is 6.32. The molecule has 74 valence electrons. The lowest BCUT2D eigenvalue weighted by Gasteiger charge is -2.02. The molecule has 2 aromatic rings. The first-order valence-corrected chi connectivity index (χ1v) is 4.68. The van der Waals surface area contributed by atoms with Crippen molar-refractivity contribution in [3.05, 3.63) is 34.5 Å².